The molecular formula is C4H14N16. The fourth-order valence-corrected chi connectivity index (χ4v) is 1.08. The highest BCUT2D eigenvalue weighted by molar-refractivity contribution is 5.43. The lowest BCUT2D eigenvalue weighted by molar-refractivity contribution is 0.609. The fourth-order valence-electron chi connectivity index (χ4n) is 1.08. The molecule has 3 rings (SSSR count). The van der Waals surface area contributed by atoms with Crippen LogP contribution >= 0.6 is 0 Å². The summed E-state index contributed by atoms with van der Waals surface area (Å²) in [4.78, 5) is 1.44. The first-order valence-corrected chi connectivity index (χ1v) is 4.86. The summed E-state index contributed by atoms with van der Waals surface area (Å²) in [6, 6.07) is 0. The lowest BCUT2D eigenvalue weighted by Crippen LogP contribution is -2.09. The first-order chi connectivity index (χ1) is 9.93. The maximum atomic E-state index is 4.00. The van der Waals surface area contributed by atoms with E-state index < -0.39 is 0 Å². The SMILES string of the molecule is NN.NN.c1[nH]n(-c2nnn[nH]2)[nH][nH]c1-c1nnn[nH]1. The third kappa shape index (κ3) is 3.46. The van der Waals surface area contributed by atoms with E-state index in [1.807, 2.05) is 0 Å². The Morgan fingerprint density at radius 2 is 1.65 bits per heavy atom. The van der Waals surface area contributed by atoms with Gasteiger partial charge in [0.05, 0.1) is 0 Å². The van der Waals surface area contributed by atoms with Gasteiger partial charge < -0.3 is 0 Å². The second kappa shape index (κ2) is 8.10. The zero-order valence-electron chi connectivity index (χ0n) is 10.0. The van der Waals surface area contributed by atoms with Gasteiger partial charge in [-0.1, -0.05) is 5.10 Å². The topological polar surface area (TPSA) is 265 Å². The van der Waals surface area contributed by atoms with Gasteiger partial charge in [-0.2, -0.15) is 0 Å². The zero-order chi connectivity index (χ0) is 14.8. The third-order valence-electron chi connectivity index (χ3n) is 1.79. The van der Waals surface area contributed by atoms with Gasteiger partial charge in [-0.3, -0.25) is 33.6 Å². The smallest absolute Gasteiger partial charge is 0.280 e. The summed E-state index contributed by atoms with van der Waals surface area (Å²) in [5.74, 6) is 16.9. The predicted octanol–water partition coefficient (Wildman–Crippen LogP) is -4.08. The molecule has 0 amide bonds. The summed E-state index contributed by atoms with van der Waals surface area (Å²) in [6.45, 7) is 0. The van der Waals surface area contributed by atoms with E-state index in [9.17, 15) is 0 Å². The molecule has 3 heterocycles. The van der Waals surface area contributed by atoms with Crippen LogP contribution in [0.2, 0.25) is 0 Å². The van der Waals surface area contributed by atoms with E-state index >= 15 is 0 Å². The molecular weight excluding hydrogens is 272 g/mol. The molecule has 16 nitrogen and oxygen atoms in total. The number of aromatic nitrogens is 12. The molecule has 0 radical (unpaired) electrons. The number of H-pyrrole nitrogens is 5. The van der Waals surface area contributed by atoms with Crippen molar-refractivity contribution in [1.82, 2.24) is 61.5 Å². The van der Waals surface area contributed by atoms with Crippen molar-refractivity contribution >= 4 is 0 Å². The number of hydrogen-bond acceptors (Lipinski definition) is 10. The van der Waals surface area contributed by atoms with Crippen LogP contribution in [-0.4, -0.2) is 61.5 Å². The molecule has 13 N–H and O–H groups in total. The highest BCUT2D eigenvalue weighted by atomic mass is 15.6. The Kier molecular flexibility index (Phi) is 6.06. The number of hydrazine groups is 2. The van der Waals surface area contributed by atoms with Gasteiger partial charge in [0.1, 0.15) is 5.69 Å². The highest BCUT2D eigenvalue weighted by Gasteiger charge is 2.03. The zero-order valence-corrected chi connectivity index (χ0v) is 10.0. The quantitative estimate of drug-likeness (QED) is 0.162. The summed E-state index contributed by atoms with van der Waals surface area (Å²) in [6.07, 6.45) is 1.64. The van der Waals surface area contributed by atoms with Crippen molar-refractivity contribution in [1.29, 1.82) is 0 Å². The molecule has 0 aromatic carbocycles. The van der Waals surface area contributed by atoms with Crippen LogP contribution in [0.25, 0.3) is 17.5 Å². The largest absolute Gasteiger partial charge is 0.282 e. The van der Waals surface area contributed by atoms with Gasteiger partial charge in [0, 0.05) is 6.20 Å². The molecule has 0 saturated carbocycles. The van der Waals surface area contributed by atoms with Crippen molar-refractivity contribution in [2.75, 3.05) is 0 Å². The van der Waals surface area contributed by atoms with Crippen LogP contribution in [0.3, 0.4) is 0 Å². The van der Waals surface area contributed by atoms with Gasteiger partial charge in [-0.25, -0.2) is 15.4 Å². The van der Waals surface area contributed by atoms with Gasteiger partial charge in [-0.15, -0.1) is 9.90 Å². The van der Waals surface area contributed by atoms with E-state index in [2.05, 4.69) is 80.0 Å². The van der Waals surface area contributed by atoms with E-state index in [1.54, 1.807) is 6.20 Å². The molecule has 3 aromatic rings. The number of tetrazole rings is 2. The summed E-state index contributed by atoms with van der Waals surface area (Å²) < 4.78 is 0. The second-order valence-electron chi connectivity index (χ2n) is 2.73. The Morgan fingerprint density at radius 1 is 0.950 bits per heavy atom. The summed E-state index contributed by atoms with van der Waals surface area (Å²) in [5, 5.41) is 34.9. The van der Waals surface area contributed by atoms with E-state index in [4.69, 9.17) is 0 Å². The molecule has 20 heavy (non-hydrogen) atoms. The number of nitrogens with one attached hydrogen (secondary N) is 5. The Balaban J connectivity index is 0.000000461. The van der Waals surface area contributed by atoms with Crippen LogP contribution < -0.4 is 23.4 Å². The molecule has 0 saturated heterocycles. The van der Waals surface area contributed by atoms with E-state index in [0.29, 0.717) is 17.5 Å². The minimum atomic E-state index is 0.401. The number of hydrogen-bond donors (Lipinski definition) is 9. The lowest BCUT2D eigenvalue weighted by atomic mass is 10.5. The predicted molar refractivity (Wildman–Crippen MR) is 64.1 cm³/mol. The van der Waals surface area contributed by atoms with Crippen molar-refractivity contribution in [3.8, 4) is 17.5 Å². The van der Waals surface area contributed by atoms with Gasteiger partial charge in [0.2, 0.25) is 0 Å². The Labute approximate surface area is 109 Å². The first kappa shape index (κ1) is 15.0. The summed E-state index contributed by atoms with van der Waals surface area (Å²) >= 11 is 0. The molecule has 0 aliphatic rings. The van der Waals surface area contributed by atoms with Gasteiger partial charge in [-0.05, 0) is 20.9 Å². The van der Waals surface area contributed by atoms with Crippen LogP contribution in [0.4, 0.5) is 0 Å². The molecule has 0 bridgehead atoms. The molecule has 0 atom stereocenters. The maximum absolute atomic E-state index is 4.00. The Hall–Kier alpha value is -3.08. The van der Waals surface area contributed by atoms with E-state index in [-0.39, 0.29) is 0 Å². The molecule has 110 valence electrons. The first-order valence-electron chi connectivity index (χ1n) is 4.86. The van der Waals surface area contributed by atoms with Crippen molar-refractivity contribution < 1.29 is 0 Å². The lowest BCUT2D eigenvalue weighted by Gasteiger charge is -2.03. The van der Waals surface area contributed by atoms with Crippen LogP contribution in [0.5, 0.6) is 0 Å². The van der Waals surface area contributed by atoms with Gasteiger partial charge >= 0.3 is 0 Å². The average molecular weight is 286 g/mol. The standard InChI is InChI=1S/C4H6N12.2H4N2/c1-2(3-7-11-12-8-3)6-15-16(5-1)4-9-13-14-10-4;2*1-2/h1,5-6,15H,(H,7,8,11,12)(H,9,10,13,14);2*1-2H2. The van der Waals surface area contributed by atoms with E-state index in [1.165, 1.54) is 4.80 Å². The van der Waals surface area contributed by atoms with Gasteiger partial charge in [0.25, 0.3) is 5.95 Å². The van der Waals surface area contributed by atoms with Crippen molar-refractivity contribution in [2.45, 2.75) is 0 Å². The molecule has 0 fully saturated rings. The molecule has 0 unspecified atom stereocenters. The molecule has 0 spiro atoms. The normalized spacial score (nSPS) is 9.00. The maximum Gasteiger partial charge on any atom is 0.282 e. The van der Waals surface area contributed by atoms with Crippen LogP contribution in [0.1, 0.15) is 0 Å². The summed E-state index contributed by atoms with van der Waals surface area (Å²) in [5.41, 5.74) is 0.647. The van der Waals surface area contributed by atoms with Crippen LogP contribution in [0.15, 0.2) is 6.20 Å². The van der Waals surface area contributed by atoms with Crippen molar-refractivity contribution in [3.63, 3.8) is 0 Å². The van der Waals surface area contributed by atoms with Crippen LogP contribution in [0, 0.1) is 0 Å². The second-order valence-corrected chi connectivity index (χ2v) is 2.73. The number of nitrogens with two attached hydrogens (primary N) is 4. The van der Waals surface area contributed by atoms with Crippen molar-refractivity contribution in [2.24, 2.45) is 23.4 Å². The third-order valence-corrected chi connectivity index (χ3v) is 1.79. The number of nitrogens with zero attached hydrogens (tertiary/aromatic N) is 7. The molecule has 16 heteroatoms. The average Bonchev–Trinajstić information content (AvgIpc) is 3.25. The molecule has 3 aromatic heterocycles. The fraction of sp³-hybridized carbons (Fsp3) is 0. The Bertz CT molecular complexity index is 498. The van der Waals surface area contributed by atoms with E-state index in [0.717, 1.165) is 0 Å². The monoisotopic (exact) mass is 286 g/mol. The molecule has 0 aliphatic heterocycles. The minimum absolute atomic E-state index is 0.401. The Morgan fingerprint density at radius 3 is 2.15 bits per heavy atom. The number of rotatable bonds is 2. The number of aromatic amines is 5. The minimum Gasteiger partial charge on any atom is -0.280 e. The highest BCUT2D eigenvalue weighted by Crippen LogP contribution is 2.04. The molecule has 0 aliphatic carbocycles. The summed E-state index contributed by atoms with van der Waals surface area (Å²) in [7, 11) is 0. The van der Waals surface area contributed by atoms with Gasteiger partial charge in [0.15, 0.2) is 5.82 Å². The van der Waals surface area contributed by atoms with Crippen molar-refractivity contribution in [3.05, 3.63) is 6.20 Å². The van der Waals surface area contributed by atoms with Crippen LogP contribution in [-0.2, 0) is 0 Å².